The minimum Gasteiger partial charge on any atom is -0.368 e. The van der Waals surface area contributed by atoms with Crippen LogP contribution in [0.2, 0.25) is 0 Å². The monoisotopic (exact) mass is 181 g/mol. The number of aryl methyl sites for hydroxylation is 1. The van der Waals surface area contributed by atoms with Gasteiger partial charge in [0.25, 0.3) is 0 Å². The van der Waals surface area contributed by atoms with Crippen molar-refractivity contribution in [1.29, 1.82) is 0 Å². The molecule has 2 heterocycles. The predicted molar refractivity (Wildman–Crippen MR) is 56.1 cm³/mol. The molecule has 3 nitrogen and oxygen atoms in total. The molecule has 2 rings (SSSR count). The second-order valence-electron chi connectivity index (χ2n) is 2.91. The van der Waals surface area contributed by atoms with Crippen molar-refractivity contribution in [3.63, 3.8) is 0 Å². The molecule has 2 N–H and O–H groups in total. The molecule has 0 amide bonds. The van der Waals surface area contributed by atoms with Gasteiger partial charge in [0.1, 0.15) is 0 Å². The van der Waals surface area contributed by atoms with Gasteiger partial charge in [-0.1, -0.05) is 20.8 Å². The second kappa shape index (κ2) is 4.90. The summed E-state index contributed by atoms with van der Waals surface area (Å²) in [6, 6.07) is 0. The molecule has 0 radical (unpaired) electrons. The van der Waals surface area contributed by atoms with Gasteiger partial charge in [0.15, 0.2) is 5.82 Å². The molecule has 0 atom stereocenters. The average Bonchev–Trinajstić information content (AvgIpc) is 2.64. The molecule has 0 aromatic carbocycles. The van der Waals surface area contributed by atoms with E-state index in [9.17, 15) is 0 Å². The molecule has 0 saturated heterocycles. The smallest absolute Gasteiger partial charge is 0.151 e. The third kappa shape index (κ3) is 2.02. The maximum atomic E-state index is 4.19. The van der Waals surface area contributed by atoms with Gasteiger partial charge < -0.3 is 5.32 Å². The minimum atomic E-state index is 1.06. The van der Waals surface area contributed by atoms with Gasteiger partial charge in [-0.3, -0.25) is 5.10 Å². The van der Waals surface area contributed by atoms with Crippen molar-refractivity contribution < 1.29 is 0 Å². The van der Waals surface area contributed by atoms with Gasteiger partial charge in [0.2, 0.25) is 0 Å². The Hall–Kier alpha value is -0.990. The number of anilines is 1. The Morgan fingerprint density at radius 1 is 1.38 bits per heavy atom. The van der Waals surface area contributed by atoms with Gasteiger partial charge in [0, 0.05) is 17.8 Å². The highest BCUT2D eigenvalue weighted by Gasteiger charge is 2.14. The SMILES string of the molecule is CC.CCc1[nH]nc2c1CCCN2. The zero-order chi connectivity index (χ0) is 9.68. The molecule has 3 heteroatoms. The number of aromatic nitrogens is 2. The molecular weight excluding hydrogens is 162 g/mol. The standard InChI is InChI=1S/C8H13N3.C2H6/c1-2-7-6-4-3-5-9-8(6)11-10-7;1-2/h2-5H2,1H3,(H2,9,10,11);1-2H3. The molecule has 0 unspecified atom stereocenters. The molecule has 1 aromatic heterocycles. The molecule has 13 heavy (non-hydrogen) atoms. The highest BCUT2D eigenvalue weighted by Crippen LogP contribution is 2.22. The van der Waals surface area contributed by atoms with Crippen LogP contribution in [0, 0.1) is 0 Å². The zero-order valence-electron chi connectivity index (χ0n) is 8.78. The van der Waals surface area contributed by atoms with Gasteiger partial charge in [-0.25, -0.2) is 0 Å². The highest BCUT2D eigenvalue weighted by molar-refractivity contribution is 5.48. The van der Waals surface area contributed by atoms with Crippen molar-refractivity contribution >= 4 is 5.82 Å². The van der Waals surface area contributed by atoms with Gasteiger partial charge in [0.05, 0.1) is 0 Å². The lowest BCUT2D eigenvalue weighted by molar-refractivity contribution is 0.818. The summed E-state index contributed by atoms with van der Waals surface area (Å²) in [5.74, 6) is 1.08. The van der Waals surface area contributed by atoms with Crippen LogP contribution in [0.4, 0.5) is 5.82 Å². The summed E-state index contributed by atoms with van der Waals surface area (Å²) < 4.78 is 0. The fourth-order valence-corrected chi connectivity index (χ4v) is 1.58. The Morgan fingerprint density at radius 2 is 2.15 bits per heavy atom. The fourth-order valence-electron chi connectivity index (χ4n) is 1.58. The number of nitrogens with one attached hydrogen (secondary N) is 2. The maximum absolute atomic E-state index is 4.19. The Bertz CT molecular complexity index is 239. The minimum absolute atomic E-state index is 1.06. The van der Waals surface area contributed by atoms with E-state index in [1.54, 1.807) is 0 Å². The van der Waals surface area contributed by atoms with Gasteiger partial charge in [-0.05, 0) is 19.3 Å². The summed E-state index contributed by atoms with van der Waals surface area (Å²) in [5.41, 5.74) is 2.70. The van der Waals surface area contributed by atoms with Crippen LogP contribution in [0.15, 0.2) is 0 Å². The van der Waals surface area contributed by atoms with E-state index in [4.69, 9.17) is 0 Å². The summed E-state index contributed by atoms with van der Waals surface area (Å²) in [4.78, 5) is 0. The number of rotatable bonds is 1. The normalized spacial score (nSPS) is 13.8. The fraction of sp³-hybridized carbons (Fsp3) is 0.700. The van der Waals surface area contributed by atoms with Gasteiger partial charge in [-0.2, -0.15) is 5.10 Å². The number of hydrogen-bond acceptors (Lipinski definition) is 2. The molecule has 74 valence electrons. The van der Waals surface area contributed by atoms with E-state index >= 15 is 0 Å². The number of hydrogen-bond donors (Lipinski definition) is 2. The summed E-state index contributed by atoms with van der Waals surface area (Å²) in [7, 11) is 0. The summed E-state index contributed by atoms with van der Waals surface area (Å²) in [5, 5.41) is 10.5. The lowest BCUT2D eigenvalue weighted by atomic mass is 10.1. The third-order valence-electron chi connectivity index (χ3n) is 2.20. The topological polar surface area (TPSA) is 40.7 Å². The molecule has 0 spiro atoms. The Morgan fingerprint density at radius 3 is 2.85 bits per heavy atom. The van der Waals surface area contributed by atoms with Crippen LogP contribution in [-0.4, -0.2) is 16.7 Å². The first-order valence-electron chi connectivity index (χ1n) is 5.21. The molecule has 0 fully saturated rings. The maximum Gasteiger partial charge on any atom is 0.151 e. The van der Waals surface area contributed by atoms with E-state index in [0.717, 1.165) is 18.8 Å². The quantitative estimate of drug-likeness (QED) is 0.698. The van der Waals surface area contributed by atoms with Gasteiger partial charge in [-0.15, -0.1) is 0 Å². The lowest BCUT2D eigenvalue weighted by Crippen LogP contribution is -2.11. The van der Waals surface area contributed by atoms with Crippen molar-refractivity contribution in [3.05, 3.63) is 11.3 Å². The summed E-state index contributed by atoms with van der Waals surface area (Å²) >= 11 is 0. The number of nitrogens with zero attached hydrogens (tertiary/aromatic N) is 1. The lowest BCUT2D eigenvalue weighted by Gasteiger charge is -2.12. The Labute approximate surface area is 79.9 Å². The molecule has 0 bridgehead atoms. The van der Waals surface area contributed by atoms with Crippen LogP contribution in [0.25, 0.3) is 0 Å². The average molecular weight is 181 g/mol. The molecule has 0 saturated carbocycles. The first-order chi connectivity index (χ1) is 6.42. The van der Waals surface area contributed by atoms with Crippen molar-refractivity contribution in [1.82, 2.24) is 10.2 Å². The molecule has 1 aromatic rings. The van der Waals surface area contributed by atoms with Crippen LogP contribution >= 0.6 is 0 Å². The van der Waals surface area contributed by atoms with E-state index < -0.39 is 0 Å². The van der Waals surface area contributed by atoms with E-state index in [0.29, 0.717) is 0 Å². The van der Waals surface area contributed by atoms with Crippen molar-refractivity contribution in [3.8, 4) is 0 Å². The Balaban J connectivity index is 0.000000396. The molecular formula is C10H19N3. The first-order valence-corrected chi connectivity index (χ1v) is 5.21. The summed E-state index contributed by atoms with van der Waals surface area (Å²) in [6.07, 6.45) is 3.48. The van der Waals surface area contributed by atoms with Crippen LogP contribution in [0.1, 0.15) is 38.4 Å². The van der Waals surface area contributed by atoms with Crippen molar-refractivity contribution in [2.24, 2.45) is 0 Å². The van der Waals surface area contributed by atoms with Crippen LogP contribution in [0.3, 0.4) is 0 Å². The molecule has 0 aliphatic carbocycles. The van der Waals surface area contributed by atoms with E-state index in [-0.39, 0.29) is 0 Å². The van der Waals surface area contributed by atoms with E-state index in [2.05, 4.69) is 22.4 Å². The summed E-state index contributed by atoms with van der Waals surface area (Å²) in [6.45, 7) is 7.23. The number of aromatic amines is 1. The van der Waals surface area contributed by atoms with Crippen LogP contribution in [0.5, 0.6) is 0 Å². The highest BCUT2D eigenvalue weighted by atomic mass is 15.2. The third-order valence-corrected chi connectivity index (χ3v) is 2.20. The largest absolute Gasteiger partial charge is 0.368 e. The predicted octanol–water partition coefficient (Wildman–Crippen LogP) is 2.36. The van der Waals surface area contributed by atoms with Crippen molar-refractivity contribution in [2.75, 3.05) is 11.9 Å². The molecule has 1 aliphatic rings. The molecule has 1 aliphatic heterocycles. The van der Waals surface area contributed by atoms with Gasteiger partial charge >= 0.3 is 0 Å². The first kappa shape index (κ1) is 10.1. The van der Waals surface area contributed by atoms with Crippen LogP contribution in [-0.2, 0) is 12.8 Å². The second-order valence-corrected chi connectivity index (χ2v) is 2.91. The van der Waals surface area contributed by atoms with Crippen LogP contribution < -0.4 is 5.32 Å². The number of H-pyrrole nitrogens is 1. The Kier molecular flexibility index (Phi) is 3.80. The van der Waals surface area contributed by atoms with Crippen molar-refractivity contribution in [2.45, 2.75) is 40.0 Å². The zero-order valence-corrected chi connectivity index (χ0v) is 8.78. The van der Waals surface area contributed by atoms with E-state index in [1.807, 2.05) is 13.8 Å². The van der Waals surface area contributed by atoms with E-state index in [1.165, 1.54) is 24.1 Å². The number of fused-ring (bicyclic) bond motifs is 1.